The van der Waals surface area contributed by atoms with Crippen LogP contribution in [0, 0.1) is 11.2 Å². The maximum Gasteiger partial charge on any atom is 0.259 e. The molecule has 1 rings (SSSR count). The van der Waals surface area contributed by atoms with Gasteiger partial charge in [0.1, 0.15) is 5.82 Å². The van der Waals surface area contributed by atoms with Gasteiger partial charge in [-0.05, 0) is 42.2 Å². The highest BCUT2D eigenvalue weighted by Gasteiger charge is 2.13. The fourth-order valence-corrected chi connectivity index (χ4v) is 2.98. The zero-order valence-electron chi connectivity index (χ0n) is 20.7. The minimum atomic E-state index is -2.55. The zero-order valence-corrected chi connectivity index (χ0v) is 20.7. The molecule has 6 nitrogen and oxygen atoms in total. The number of halogens is 3. The molecule has 1 aromatic carbocycles. The lowest BCUT2D eigenvalue weighted by Crippen LogP contribution is -2.21. The number of alkyl halides is 2. The second kappa shape index (κ2) is 15.9. The van der Waals surface area contributed by atoms with E-state index in [1.165, 1.54) is 49.7 Å². The van der Waals surface area contributed by atoms with Gasteiger partial charge in [0.2, 0.25) is 0 Å². The molecule has 0 amide bonds. The van der Waals surface area contributed by atoms with Crippen LogP contribution in [0.25, 0.3) is 11.1 Å². The summed E-state index contributed by atoms with van der Waals surface area (Å²) in [5.41, 5.74) is 20.4. The van der Waals surface area contributed by atoms with E-state index in [-0.39, 0.29) is 16.8 Å². The van der Waals surface area contributed by atoms with Crippen molar-refractivity contribution in [1.29, 1.82) is 5.41 Å². The van der Waals surface area contributed by atoms with Gasteiger partial charge in [-0.3, -0.25) is 4.99 Å². The number of aliphatic imine (C=N–C) groups is 1. The summed E-state index contributed by atoms with van der Waals surface area (Å²) >= 11 is 0. The molecule has 0 radical (unpaired) electrons. The van der Waals surface area contributed by atoms with Crippen molar-refractivity contribution >= 4 is 23.6 Å². The minimum Gasteiger partial charge on any atom is -0.404 e. The molecule has 0 aromatic heterocycles. The van der Waals surface area contributed by atoms with Crippen molar-refractivity contribution in [3.05, 3.63) is 94.8 Å². The van der Waals surface area contributed by atoms with Crippen molar-refractivity contribution in [3.63, 3.8) is 0 Å². The maximum atomic E-state index is 14.7. The van der Waals surface area contributed by atoms with E-state index >= 15 is 0 Å². The standard InChI is InChI=1S/C27H35F3N6/c1-4-6-20(8-5-7-18(2)27(29)30)26(34)24(16-33)21-9-10-25(28)23(13-21)22(15-32)17-35-11-12-36-19(3)14-31/h5-10,13,15-17,27,33,36H,3-4,11-12,14,31-32,34H2,1-2H3/b8-5-,18-7+,20-6-,22-15+,26-24+,33-16?,35-17?. The molecule has 0 unspecified atom stereocenters. The maximum absolute atomic E-state index is 14.7. The lowest BCUT2D eigenvalue weighted by atomic mass is 9.96. The van der Waals surface area contributed by atoms with Gasteiger partial charge in [0, 0.05) is 59.8 Å². The van der Waals surface area contributed by atoms with E-state index in [2.05, 4.69) is 16.9 Å². The summed E-state index contributed by atoms with van der Waals surface area (Å²) in [5.74, 6) is -0.517. The molecule has 1 aromatic rings. The average molecular weight is 501 g/mol. The van der Waals surface area contributed by atoms with Gasteiger partial charge in [-0.15, -0.1) is 0 Å². The van der Waals surface area contributed by atoms with Crippen LogP contribution in [0.2, 0.25) is 0 Å². The lowest BCUT2D eigenvalue weighted by molar-refractivity contribution is 0.190. The smallest absolute Gasteiger partial charge is 0.259 e. The third kappa shape index (κ3) is 9.42. The predicted molar refractivity (Wildman–Crippen MR) is 145 cm³/mol. The third-order valence-corrected chi connectivity index (χ3v) is 5.01. The average Bonchev–Trinajstić information content (AvgIpc) is 2.86. The Bertz CT molecular complexity index is 1090. The van der Waals surface area contributed by atoms with Crippen LogP contribution in [-0.4, -0.2) is 38.5 Å². The molecule has 0 bridgehead atoms. The van der Waals surface area contributed by atoms with Gasteiger partial charge in [-0.2, -0.15) is 0 Å². The fourth-order valence-electron chi connectivity index (χ4n) is 2.98. The Morgan fingerprint density at radius 1 is 1.31 bits per heavy atom. The van der Waals surface area contributed by atoms with Gasteiger partial charge < -0.3 is 27.9 Å². The topological polar surface area (TPSA) is 126 Å². The highest BCUT2D eigenvalue weighted by Crippen LogP contribution is 2.25. The van der Waals surface area contributed by atoms with Gasteiger partial charge in [-0.1, -0.05) is 43.9 Å². The summed E-state index contributed by atoms with van der Waals surface area (Å²) in [6.45, 7) is 8.20. The first-order valence-corrected chi connectivity index (χ1v) is 11.4. The summed E-state index contributed by atoms with van der Waals surface area (Å²) in [5, 5.41) is 10.9. The van der Waals surface area contributed by atoms with Crippen molar-refractivity contribution < 1.29 is 13.2 Å². The summed E-state index contributed by atoms with van der Waals surface area (Å²) in [4.78, 5) is 4.27. The predicted octanol–water partition coefficient (Wildman–Crippen LogP) is 4.68. The first-order chi connectivity index (χ1) is 17.2. The van der Waals surface area contributed by atoms with E-state index in [1.54, 1.807) is 6.08 Å². The zero-order chi connectivity index (χ0) is 27.1. The number of hydrogen-bond donors (Lipinski definition) is 5. The Morgan fingerprint density at radius 3 is 2.61 bits per heavy atom. The molecular formula is C27H35F3N6. The van der Waals surface area contributed by atoms with Crippen LogP contribution in [-0.2, 0) is 0 Å². The number of rotatable bonds is 14. The first-order valence-electron chi connectivity index (χ1n) is 11.4. The highest BCUT2D eigenvalue weighted by molar-refractivity contribution is 6.13. The van der Waals surface area contributed by atoms with E-state index in [4.69, 9.17) is 22.6 Å². The SMILES string of the molecule is C=C(CN)NCCN=C/C(=C\N)c1cc(\C(C=N)=C(N)/C(/C=C\C=C(/C)C(F)F)=C\CC)ccc1F. The van der Waals surface area contributed by atoms with Crippen LogP contribution in [0.3, 0.4) is 0 Å². The second-order valence-electron chi connectivity index (χ2n) is 7.70. The molecule has 8 N–H and O–H groups in total. The number of hydrogen-bond acceptors (Lipinski definition) is 6. The van der Waals surface area contributed by atoms with E-state index in [9.17, 15) is 13.2 Å². The molecule has 9 heteroatoms. The Kier molecular flexibility index (Phi) is 13.4. The molecule has 0 aliphatic rings. The van der Waals surface area contributed by atoms with Crippen molar-refractivity contribution in [2.45, 2.75) is 26.7 Å². The Labute approximate surface area is 211 Å². The summed E-state index contributed by atoms with van der Waals surface area (Å²) < 4.78 is 40.2. The van der Waals surface area contributed by atoms with E-state index in [1.807, 2.05) is 13.0 Å². The summed E-state index contributed by atoms with van der Waals surface area (Å²) in [6.07, 6.45) is 8.07. The van der Waals surface area contributed by atoms with Crippen LogP contribution in [0.4, 0.5) is 13.2 Å². The molecule has 0 heterocycles. The number of nitrogens with one attached hydrogen (secondary N) is 2. The van der Waals surface area contributed by atoms with Crippen molar-refractivity contribution in [1.82, 2.24) is 5.32 Å². The van der Waals surface area contributed by atoms with Crippen molar-refractivity contribution in [2.75, 3.05) is 19.6 Å². The van der Waals surface area contributed by atoms with Gasteiger partial charge >= 0.3 is 0 Å². The van der Waals surface area contributed by atoms with Crippen LogP contribution < -0.4 is 22.5 Å². The number of benzene rings is 1. The van der Waals surface area contributed by atoms with Gasteiger partial charge in [-0.25, -0.2) is 13.2 Å². The molecule has 36 heavy (non-hydrogen) atoms. The summed E-state index contributed by atoms with van der Waals surface area (Å²) in [7, 11) is 0. The van der Waals surface area contributed by atoms with Crippen molar-refractivity contribution in [3.8, 4) is 0 Å². The molecular weight excluding hydrogens is 465 g/mol. The normalized spacial score (nSPS) is 14.0. The second-order valence-corrected chi connectivity index (χ2v) is 7.70. The summed E-state index contributed by atoms with van der Waals surface area (Å²) in [6, 6.07) is 4.31. The molecule has 0 aliphatic heterocycles. The monoisotopic (exact) mass is 500 g/mol. The van der Waals surface area contributed by atoms with Crippen LogP contribution in [0.15, 0.2) is 82.8 Å². The van der Waals surface area contributed by atoms with E-state index < -0.39 is 12.2 Å². The van der Waals surface area contributed by atoms with Gasteiger partial charge in [0.05, 0.1) is 6.54 Å². The number of allylic oxidation sites excluding steroid dienone is 7. The first kappa shape index (κ1) is 30.2. The van der Waals surface area contributed by atoms with Gasteiger partial charge in [0.25, 0.3) is 6.43 Å². The Morgan fingerprint density at radius 2 is 2.03 bits per heavy atom. The molecule has 0 aliphatic carbocycles. The fraction of sp³-hybridized carbons (Fsp3) is 0.259. The third-order valence-electron chi connectivity index (χ3n) is 5.01. The molecule has 0 saturated heterocycles. The number of nitrogens with zero attached hydrogens (tertiary/aromatic N) is 1. The Hall–Kier alpha value is -3.85. The largest absolute Gasteiger partial charge is 0.404 e. The van der Waals surface area contributed by atoms with Crippen LogP contribution in [0.5, 0.6) is 0 Å². The van der Waals surface area contributed by atoms with Crippen LogP contribution >= 0.6 is 0 Å². The quantitative estimate of drug-likeness (QED) is 0.144. The van der Waals surface area contributed by atoms with E-state index in [0.717, 1.165) is 6.21 Å². The molecule has 194 valence electrons. The molecule has 0 atom stereocenters. The van der Waals surface area contributed by atoms with Crippen molar-refractivity contribution in [2.24, 2.45) is 22.2 Å². The minimum absolute atomic E-state index is 0.0806. The van der Waals surface area contributed by atoms with Crippen LogP contribution in [0.1, 0.15) is 31.4 Å². The van der Waals surface area contributed by atoms with E-state index in [0.29, 0.717) is 54.0 Å². The molecule has 0 fully saturated rings. The molecule has 0 spiro atoms. The molecule has 0 saturated carbocycles. The lowest BCUT2D eigenvalue weighted by Gasteiger charge is -2.12. The Balaban J connectivity index is 3.33. The number of nitrogens with two attached hydrogens (primary N) is 3. The highest BCUT2D eigenvalue weighted by atomic mass is 19.3. The van der Waals surface area contributed by atoms with Gasteiger partial charge in [0.15, 0.2) is 0 Å².